The van der Waals surface area contributed by atoms with Crippen molar-refractivity contribution >= 4 is 81.6 Å². The quantitative estimate of drug-likeness (QED) is 0.154. The molecule has 2 fully saturated rings. The van der Waals surface area contributed by atoms with Gasteiger partial charge < -0.3 is 0 Å². The van der Waals surface area contributed by atoms with Crippen molar-refractivity contribution in [2.75, 3.05) is 0 Å². The molecule has 2 atom stereocenters. The van der Waals surface area contributed by atoms with E-state index in [0.717, 1.165) is 15.9 Å². The summed E-state index contributed by atoms with van der Waals surface area (Å²) in [7, 11) is 2.04. The van der Waals surface area contributed by atoms with Crippen molar-refractivity contribution in [2.24, 2.45) is 0 Å². The summed E-state index contributed by atoms with van der Waals surface area (Å²) in [5.41, 5.74) is 0. The van der Waals surface area contributed by atoms with Gasteiger partial charge in [-0.3, -0.25) is 0 Å². The minimum absolute atomic E-state index is 0.245. The molecule has 2 heterocycles. The Labute approximate surface area is 262 Å². The Bertz CT molecular complexity index is 1610. The molecule has 7 heteroatoms. The lowest BCUT2D eigenvalue weighted by atomic mass is 10.4. The molecule has 2 saturated heterocycles. The molecule has 2 bridgehead atoms. The second-order valence-electron chi connectivity index (χ2n) is 10.7. The first-order valence-electron chi connectivity index (χ1n) is 14.5. The lowest BCUT2D eigenvalue weighted by Crippen LogP contribution is -2.24. The maximum Gasteiger partial charge on any atom is 0.392 e. The smallest absolute Gasteiger partial charge is 0.0620 e. The average molecular weight is 681 g/mol. The first-order chi connectivity index (χ1) is 21.3. The Kier molecular flexibility index (Phi) is 7.98. The number of rotatable bonds is 6. The molecule has 2 aliphatic heterocycles. The topological polar surface area (TPSA) is 0 Å². The molecule has 43 heavy (non-hydrogen) atoms. The number of benzene rings is 6. The third kappa shape index (κ3) is 4.38. The fraction of sp³-hybridized carbons (Fsp3) is 0. The lowest BCUT2D eigenvalue weighted by Gasteiger charge is -2.34. The second-order valence-corrected chi connectivity index (χ2v) is 52.2. The van der Waals surface area contributed by atoms with E-state index in [-0.39, 0.29) is 6.99 Å². The van der Waals surface area contributed by atoms with Gasteiger partial charge in [0.25, 0.3) is 0 Å². The number of hydrogen-bond acceptors (Lipinski definition) is 0. The van der Waals surface area contributed by atoms with Gasteiger partial charge in [-0.2, -0.15) is 0 Å². The van der Waals surface area contributed by atoms with Gasteiger partial charge in [-0.05, 0) is 72.8 Å². The predicted octanol–water partition coefficient (Wildman–Crippen LogP) is 10.7. The highest BCUT2D eigenvalue weighted by Gasteiger charge is 2.96. The largest absolute Gasteiger partial charge is 0.392 e. The van der Waals surface area contributed by atoms with Crippen LogP contribution in [0.3, 0.4) is 0 Å². The maximum atomic E-state index is 2.53. The van der Waals surface area contributed by atoms with Gasteiger partial charge in [0.2, 0.25) is 19.9 Å². The van der Waals surface area contributed by atoms with Gasteiger partial charge in [0.1, 0.15) is 47.7 Å². The van der Waals surface area contributed by atoms with Crippen LogP contribution in [-0.4, -0.2) is 0 Å². The molecule has 6 aromatic rings. The molecule has 208 valence electrons. The van der Waals surface area contributed by atoms with E-state index >= 15 is 0 Å². The molecule has 0 nitrogen and oxygen atoms in total. The Morgan fingerprint density at radius 1 is 0.302 bits per heavy atom. The fourth-order valence-corrected chi connectivity index (χ4v) is 184. The molecule has 0 spiro atoms. The van der Waals surface area contributed by atoms with E-state index in [1.807, 2.05) is 0 Å². The molecule has 6 aromatic carbocycles. The zero-order valence-electron chi connectivity index (χ0n) is 23.6. The molecule has 0 aromatic heterocycles. The molecule has 2 aliphatic rings. The highest BCUT2D eigenvalue weighted by Crippen LogP contribution is 3.45. The van der Waals surface area contributed by atoms with Crippen LogP contribution in [0, 0.1) is 0 Å². The summed E-state index contributed by atoms with van der Waals surface area (Å²) in [4.78, 5) is 0. The summed E-state index contributed by atoms with van der Waals surface area (Å²) >= 11 is 0. The summed E-state index contributed by atoms with van der Waals surface area (Å²) < 4.78 is 0. The van der Waals surface area contributed by atoms with Crippen LogP contribution in [0.1, 0.15) is 0 Å². The SMILES string of the molecule is c1ccc([P+]2(c3ccccc3)PP3P[P+](c4ccccc4)(c4ccccc4)P2[P+]3(c2ccccc2)c2ccccc2)cc1. The van der Waals surface area contributed by atoms with Crippen LogP contribution in [0.2, 0.25) is 0 Å². The molecule has 2 unspecified atom stereocenters. The molecule has 0 aliphatic carbocycles. The van der Waals surface area contributed by atoms with Crippen LogP contribution in [-0.2, 0) is 0 Å². The maximum absolute atomic E-state index is 2.53. The first kappa shape index (κ1) is 28.8. The van der Waals surface area contributed by atoms with Gasteiger partial charge >= 0.3 is 6.99 Å². The Morgan fingerprint density at radius 3 is 0.791 bits per heavy atom. The number of fused-ring (bicyclic) bond motifs is 2. The minimum atomic E-state index is -1.79. The molecule has 8 rings (SSSR count). The van der Waals surface area contributed by atoms with Crippen LogP contribution in [0.15, 0.2) is 182 Å². The monoisotopic (exact) mass is 681 g/mol. The highest BCUT2D eigenvalue weighted by atomic mass is 33.4. The second kappa shape index (κ2) is 11.9. The van der Waals surface area contributed by atoms with E-state index in [9.17, 15) is 0 Å². The summed E-state index contributed by atoms with van der Waals surface area (Å²) in [6, 6.07) is 71.5. The van der Waals surface area contributed by atoms with Gasteiger partial charge in [0, 0.05) is 0 Å². The number of hydrogen-bond donors (Lipinski definition) is 0. The van der Waals surface area contributed by atoms with Crippen LogP contribution < -0.4 is 31.8 Å². The molecule has 0 saturated carbocycles. The lowest BCUT2D eigenvalue weighted by molar-refractivity contribution is 1.75. The molecular weight excluding hydrogens is 649 g/mol. The molecular formula is C36H32P7+3. The minimum Gasteiger partial charge on any atom is -0.0620 e. The fourth-order valence-electron chi connectivity index (χ4n) is 6.55. The third-order valence-electron chi connectivity index (χ3n) is 8.32. The molecule has 0 radical (unpaired) electrons. The van der Waals surface area contributed by atoms with E-state index in [1.54, 1.807) is 31.8 Å². The Morgan fingerprint density at radius 2 is 0.535 bits per heavy atom. The van der Waals surface area contributed by atoms with Crippen molar-refractivity contribution in [3.8, 4) is 0 Å². The van der Waals surface area contributed by atoms with E-state index in [4.69, 9.17) is 0 Å². The first-order valence-corrected chi connectivity index (χ1v) is 30.7. The van der Waals surface area contributed by atoms with Crippen LogP contribution >= 0.6 is 49.8 Å². The summed E-state index contributed by atoms with van der Waals surface area (Å²) in [6.07, 6.45) is 0. The average Bonchev–Trinajstić information content (AvgIpc) is 3.59. The van der Waals surface area contributed by atoms with Crippen molar-refractivity contribution in [2.45, 2.75) is 0 Å². The molecule has 0 amide bonds. The van der Waals surface area contributed by atoms with E-state index < -0.39 is 26.9 Å². The Balaban J connectivity index is 1.58. The van der Waals surface area contributed by atoms with Gasteiger partial charge in [-0.15, -0.1) is 0 Å². The summed E-state index contributed by atoms with van der Waals surface area (Å²) in [6.45, 7) is -6.08. The normalized spacial score (nSPS) is 22.0. The third-order valence-corrected chi connectivity index (χ3v) is 97.7. The Hall–Kier alpha value is -1.67. The van der Waals surface area contributed by atoms with Gasteiger partial charge in [-0.25, -0.2) is 0 Å². The van der Waals surface area contributed by atoms with Gasteiger partial charge in [0.15, 0.2) is 6.99 Å². The van der Waals surface area contributed by atoms with Gasteiger partial charge in [-0.1, -0.05) is 109 Å². The standard InChI is InChI=1S/C36H32P7/c1-7-19-31(20-8-1)41(32-21-9-2-10-22-32)37-39-38-42(33-23-11-3-12-24-33,34-25-13-4-14-26-34)40(41)43(39,35-27-15-5-16-28-35)36-29-17-6-18-30-36/h1-30,37-38H/q+3. The van der Waals surface area contributed by atoms with Crippen LogP contribution in [0.5, 0.6) is 0 Å². The van der Waals surface area contributed by atoms with Gasteiger partial charge in [0.05, 0.1) is 0 Å². The van der Waals surface area contributed by atoms with E-state index in [2.05, 4.69) is 182 Å². The molecule has 0 N–H and O–H groups in total. The van der Waals surface area contributed by atoms with Crippen molar-refractivity contribution in [3.05, 3.63) is 182 Å². The van der Waals surface area contributed by atoms with E-state index in [1.165, 1.54) is 0 Å². The van der Waals surface area contributed by atoms with Crippen LogP contribution in [0.4, 0.5) is 0 Å². The summed E-state index contributed by atoms with van der Waals surface area (Å²) in [5.74, 6) is 0. The van der Waals surface area contributed by atoms with Crippen molar-refractivity contribution in [1.82, 2.24) is 0 Å². The van der Waals surface area contributed by atoms with Crippen molar-refractivity contribution in [3.63, 3.8) is 0 Å². The summed E-state index contributed by atoms with van der Waals surface area (Å²) in [5, 5.41) is 9.92. The van der Waals surface area contributed by atoms with Crippen molar-refractivity contribution < 1.29 is 0 Å². The van der Waals surface area contributed by atoms with E-state index in [0.29, 0.717) is 0 Å². The predicted molar refractivity (Wildman–Crippen MR) is 208 cm³/mol. The zero-order chi connectivity index (χ0) is 28.7. The van der Waals surface area contributed by atoms with Crippen LogP contribution in [0.25, 0.3) is 0 Å². The van der Waals surface area contributed by atoms with Crippen molar-refractivity contribution in [1.29, 1.82) is 0 Å². The highest BCUT2D eigenvalue weighted by molar-refractivity contribution is 9.42. The zero-order valence-corrected chi connectivity index (χ0v) is 30.0.